The Hall–Kier alpha value is -1.55. The lowest BCUT2D eigenvalue weighted by molar-refractivity contribution is -0.155. The molecule has 0 fully saturated rings. The van der Waals surface area contributed by atoms with Gasteiger partial charge in [-0.1, -0.05) is 25.1 Å². The van der Waals surface area contributed by atoms with Crippen molar-refractivity contribution >= 4 is 5.97 Å². The van der Waals surface area contributed by atoms with Gasteiger partial charge >= 0.3 is 5.97 Å². The highest BCUT2D eigenvalue weighted by Gasteiger charge is 2.26. The van der Waals surface area contributed by atoms with E-state index in [2.05, 4.69) is 0 Å². The third-order valence-corrected chi connectivity index (χ3v) is 3.33. The van der Waals surface area contributed by atoms with Gasteiger partial charge in [0.15, 0.2) is 0 Å². The van der Waals surface area contributed by atoms with Crippen LogP contribution in [0.4, 0.5) is 0 Å². The second kappa shape index (κ2) is 8.67. The molecule has 1 rings (SSSR count). The van der Waals surface area contributed by atoms with Crippen molar-refractivity contribution in [1.82, 2.24) is 0 Å². The SMILES string of the molecule is CCC(C)(C)C(=O)OCCOCC(C)Oc1ccccc1. The number of benzene rings is 1. The van der Waals surface area contributed by atoms with Gasteiger partial charge in [-0.3, -0.25) is 4.79 Å². The number of hydrogen-bond acceptors (Lipinski definition) is 4. The van der Waals surface area contributed by atoms with Gasteiger partial charge in [-0.05, 0) is 39.3 Å². The van der Waals surface area contributed by atoms with Crippen LogP contribution in [0.15, 0.2) is 30.3 Å². The Bertz CT molecular complexity index is 414. The average molecular weight is 294 g/mol. The zero-order valence-corrected chi connectivity index (χ0v) is 13.4. The summed E-state index contributed by atoms with van der Waals surface area (Å²) in [4.78, 5) is 11.7. The fourth-order valence-electron chi connectivity index (χ4n) is 1.55. The molecule has 0 amide bonds. The van der Waals surface area contributed by atoms with Crippen molar-refractivity contribution in [3.05, 3.63) is 30.3 Å². The highest BCUT2D eigenvalue weighted by molar-refractivity contribution is 5.75. The molecule has 4 nitrogen and oxygen atoms in total. The van der Waals surface area contributed by atoms with Crippen molar-refractivity contribution in [2.45, 2.75) is 40.2 Å². The van der Waals surface area contributed by atoms with Crippen LogP contribution in [0.5, 0.6) is 5.75 Å². The van der Waals surface area contributed by atoms with Gasteiger partial charge in [0.1, 0.15) is 18.5 Å². The smallest absolute Gasteiger partial charge is 0.311 e. The van der Waals surface area contributed by atoms with Crippen LogP contribution in [0.25, 0.3) is 0 Å². The number of hydrogen-bond donors (Lipinski definition) is 0. The third-order valence-electron chi connectivity index (χ3n) is 3.33. The number of carbonyl (C=O) groups excluding carboxylic acids is 1. The molecule has 4 heteroatoms. The summed E-state index contributed by atoms with van der Waals surface area (Å²) < 4.78 is 16.3. The highest BCUT2D eigenvalue weighted by atomic mass is 16.6. The lowest BCUT2D eigenvalue weighted by atomic mass is 9.91. The van der Waals surface area contributed by atoms with E-state index in [-0.39, 0.29) is 18.7 Å². The van der Waals surface area contributed by atoms with Crippen molar-refractivity contribution in [3.8, 4) is 5.75 Å². The summed E-state index contributed by atoms with van der Waals surface area (Å²) in [7, 11) is 0. The minimum absolute atomic E-state index is 0.0461. The standard InChI is InChI=1S/C17H26O4/c1-5-17(3,4)16(18)20-12-11-19-13-14(2)21-15-9-7-6-8-10-15/h6-10,14H,5,11-13H2,1-4H3. The number of carbonyl (C=O) groups is 1. The van der Waals surface area contributed by atoms with Crippen molar-refractivity contribution in [3.63, 3.8) is 0 Å². The second-order valence-corrected chi connectivity index (χ2v) is 5.69. The lowest BCUT2D eigenvalue weighted by Crippen LogP contribution is -2.27. The molecule has 1 unspecified atom stereocenters. The Labute approximate surface area is 127 Å². The molecular formula is C17H26O4. The van der Waals surface area contributed by atoms with Gasteiger partial charge in [-0.2, -0.15) is 0 Å². The van der Waals surface area contributed by atoms with E-state index in [0.717, 1.165) is 12.2 Å². The second-order valence-electron chi connectivity index (χ2n) is 5.69. The van der Waals surface area contributed by atoms with E-state index in [1.165, 1.54) is 0 Å². The van der Waals surface area contributed by atoms with E-state index >= 15 is 0 Å². The Kier molecular flexibility index (Phi) is 7.23. The quantitative estimate of drug-likeness (QED) is 0.517. The summed E-state index contributed by atoms with van der Waals surface area (Å²) in [6, 6.07) is 9.62. The van der Waals surface area contributed by atoms with Crippen LogP contribution in [0.3, 0.4) is 0 Å². The summed E-state index contributed by atoms with van der Waals surface area (Å²) >= 11 is 0. The van der Waals surface area contributed by atoms with Crippen LogP contribution in [0.2, 0.25) is 0 Å². The third kappa shape index (κ3) is 6.63. The molecule has 0 radical (unpaired) electrons. The maximum atomic E-state index is 11.7. The number of esters is 1. The van der Waals surface area contributed by atoms with Crippen molar-refractivity contribution < 1.29 is 19.0 Å². The van der Waals surface area contributed by atoms with Crippen LogP contribution < -0.4 is 4.74 Å². The minimum atomic E-state index is -0.427. The molecule has 0 aliphatic heterocycles. The number of para-hydroxylation sites is 1. The van der Waals surface area contributed by atoms with E-state index in [0.29, 0.717) is 13.2 Å². The van der Waals surface area contributed by atoms with Crippen LogP contribution in [-0.4, -0.2) is 31.9 Å². The van der Waals surface area contributed by atoms with E-state index in [1.807, 2.05) is 58.0 Å². The van der Waals surface area contributed by atoms with Crippen LogP contribution in [-0.2, 0) is 14.3 Å². The van der Waals surface area contributed by atoms with Gasteiger partial charge in [0, 0.05) is 0 Å². The Morgan fingerprint density at radius 1 is 1.19 bits per heavy atom. The molecule has 0 aliphatic carbocycles. The zero-order chi connectivity index (χ0) is 15.7. The molecule has 0 aliphatic rings. The van der Waals surface area contributed by atoms with Gasteiger partial charge in [-0.15, -0.1) is 0 Å². The molecule has 118 valence electrons. The summed E-state index contributed by atoms with van der Waals surface area (Å²) in [5.41, 5.74) is -0.427. The van der Waals surface area contributed by atoms with E-state index in [4.69, 9.17) is 14.2 Å². The van der Waals surface area contributed by atoms with E-state index in [1.54, 1.807) is 0 Å². The fraction of sp³-hybridized carbons (Fsp3) is 0.588. The van der Waals surface area contributed by atoms with Crippen LogP contribution >= 0.6 is 0 Å². The topological polar surface area (TPSA) is 44.8 Å². The predicted molar refractivity (Wildman–Crippen MR) is 82.4 cm³/mol. The van der Waals surface area contributed by atoms with Gasteiger partial charge < -0.3 is 14.2 Å². The summed E-state index contributed by atoms with van der Waals surface area (Å²) in [6.07, 6.45) is 0.712. The molecule has 0 heterocycles. The molecule has 0 spiro atoms. The molecule has 0 N–H and O–H groups in total. The molecule has 1 atom stereocenters. The van der Waals surface area contributed by atoms with Crippen molar-refractivity contribution in [2.75, 3.05) is 19.8 Å². The summed E-state index contributed by atoms with van der Waals surface area (Å²) in [5, 5.41) is 0. The lowest BCUT2D eigenvalue weighted by Gasteiger charge is -2.20. The molecular weight excluding hydrogens is 268 g/mol. The van der Waals surface area contributed by atoms with Gasteiger partial charge in [0.05, 0.1) is 18.6 Å². The molecule has 0 saturated carbocycles. The molecule has 0 bridgehead atoms. The molecule has 0 saturated heterocycles. The number of ether oxygens (including phenoxy) is 3. The Morgan fingerprint density at radius 2 is 1.86 bits per heavy atom. The van der Waals surface area contributed by atoms with Crippen molar-refractivity contribution in [1.29, 1.82) is 0 Å². The molecule has 1 aromatic rings. The van der Waals surface area contributed by atoms with E-state index < -0.39 is 5.41 Å². The van der Waals surface area contributed by atoms with Crippen molar-refractivity contribution in [2.24, 2.45) is 5.41 Å². The normalized spacial score (nSPS) is 12.8. The Balaban J connectivity index is 2.13. The molecule has 0 aromatic heterocycles. The van der Waals surface area contributed by atoms with Crippen LogP contribution in [0, 0.1) is 5.41 Å². The summed E-state index contributed by atoms with van der Waals surface area (Å²) in [6.45, 7) is 8.80. The van der Waals surface area contributed by atoms with E-state index in [9.17, 15) is 4.79 Å². The first-order valence-corrected chi connectivity index (χ1v) is 7.42. The first-order chi connectivity index (χ1) is 9.95. The largest absolute Gasteiger partial charge is 0.488 e. The highest BCUT2D eigenvalue weighted by Crippen LogP contribution is 2.21. The maximum Gasteiger partial charge on any atom is 0.311 e. The zero-order valence-electron chi connectivity index (χ0n) is 13.4. The first kappa shape index (κ1) is 17.5. The Morgan fingerprint density at radius 3 is 2.48 bits per heavy atom. The van der Waals surface area contributed by atoms with Gasteiger partial charge in [-0.25, -0.2) is 0 Å². The first-order valence-electron chi connectivity index (χ1n) is 7.42. The number of rotatable bonds is 9. The van der Waals surface area contributed by atoms with Crippen LogP contribution in [0.1, 0.15) is 34.1 Å². The minimum Gasteiger partial charge on any atom is -0.488 e. The molecule has 21 heavy (non-hydrogen) atoms. The fourth-order valence-corrected chi connectivity index (χ4v) is 1.55. The predicted octanol–water partition coefficient (Wildman–Crippen LogP) is 3.45. The average Bonchev–Trinajstić information content (AvgIpc) is 2.47. The summed E-state index contributed by atoms with van der Waals surface area (Å²) in [5.74, 6) is 0.645. The van der Waals surface area contributed by atoms with Gasteiger partial charge in [0.25, 0.3) is 0 Å². The monoisotopic (exact) mass is 294 g/mol. The van der Waals surface area contributed by atoms with Gasteiger partial charge in [0.2, 0.25) is 0 Å². The maximum absolute atomic E-state index is 11.7. The molecule has 1 aromatic carbocycles.